The van der Waals surface area contributed by atoms with Gasteiger partial charge in [0.05, 0.1) is 0 Å². The molecule has 1 fully saturated rings. The van der Waals surface area contributed by atoms with Gasteiger partial charge in [0.2, 0.25) is 6.29 Å². The van der Waals surface area contributed by atoms with Crippen LogP contribution in [-0.4, -0.2) is 36.5 Å². The molecule has 10 heteroatoms. The monoisotopic (exact) mass is 242 g/mol. The van der Waals surface area contributed by atoms with Gasteiger partial charge in [0, 0.05) is 0 Å². The molecule has 0 amide bonds. The molecule has 1 saturated heterocycles. The second kappa shape index (κ2) is 3.47. The van der Waals surface area contributed by atoms with E-state index in [2.05, 4.69) is 14.2 Å². The van der Waals surface area contributed by atoms with Gasteiger partial charge in [0.25, 0.3) is 5.85 Å². The number of rotatable bonds is 2. The largest absolute Gasteiger partial charge is 0.524 e. The van der Waals surface area contributed by atoms with E-state index >= 15 is 0 Å². The first kappa shape index (κ1) is 12.5. The molecule has 1 aliphatic rings. The molecule has 0 saturated carbocycles. The van der Waals surface area contributed by atoms with Crippen LogP contribution in [0.2, 0.25) is 0 Å². The molecule has 0 aromatic heterocycles. The highest BCUT2D eigenvalue weighted by Crippen LogP contribution is 2.42. The molecule has 0 aromatic carbocycles. The Kier molecular flexibility index (Phi) is 2.89. The van der Waals surface area contributed by atoms with E-state index in [1.54, 1.807) is 0 Å². The van der Waals surface area contributed by atoms with E-state index in [4.69, 9.17) is 5.11 Å². The molecular weight excluding hydrogens is 238 g/mol. The van der Waals surface area contributed by atoms with Gasteiger partial charge in [-0.1, -0.05) is 0 Å². The maximum absolute atomic E-state index is 13.0. The van der Waals surface area contributed by atoms with Crippen molar-refractivity contribution in [2.45, 2.75) is 24.8 Å². The van der Waals surface area contributed by atoms with Gasteiger partial charge >= 0.3 is 12.7 Å². The highest BCUT2D eigenvalue weighted by Gasteiger charge is 2.63. The second-order valence-electron chi connectivity index (χ2n) is 2.52. The first-order valence-electron chi connectivity index (χ1n) is 3.38. The zero-order chi connectivity index (χ0) is 11.9. The number of alkyl halides is 6. The van der Waals surface area contributed by atoms with Crippen molar-refractivity contribution in [1.82, 2.24) is 0 Å². The maximum atomic E-state index is 13.0. The van der Waals surface area contributed by atoms with E-state index in [9.17, 15) is 26.3 Å². The summed E-state index contributed by atoms with van der Waals surface area (Å²) in [5.41, 5.74) is 0. The van der Waals surface area contributed by atoms with Crippen LogP contribution in [0.25, 0.3) is 0 Å². The number of hydrogen-bond donors (Lipinski definition) is 1. The smallest absolute Gasteiger partial charge is 0.390 e. The third-order valence-electron chi connectivity index (χ3n) is 1.34. The van der Waals surface area contributed by atoms with E-state index < -0.39 is 31.4 Å². The minimum absolute atomic E-state index is 1.77. The Morgan fingerprint density at radius 3 is 2.20 bits per heavy atom. The van der Waals surface area contributed by atoms with Crippen LogP contribution in [0.1, 0.15) is 0 Å². The fourth-order valence-corrected chi connectivity index (χ4v) is 0.823. The summed E-state index contributed by atoms with van der Waals surface area (Å²) in [6, 6.07) is 0. The molecule has 2 atom stereocenters. The van der Waals surface area contributed by atoms with Gasteiger partial charge in [0.1, 0.15) is 6.61 Å². The van der Waals surface area contributed by atoms with Gasteiger partial charge in [-0.3, -0.25) is 14.2 Å². The predicted molar refractivity (Wildman–Crippen MR) is 29.0 cm³/mol. The summed E-state index contributed by atoms with van der Waals surface area (Å²) in [5.74, 6) is -3.76. The van der Waals surface area contributed by atoms with Crippen LogP contribution in [0.4, 0.5) is 26.3 Å². The molecule has 0 spiro atoms. The topological polar surface area (TPSA) is 47.9 Å². The summed E-state index contributed by atoms with van der Waals surface area (Å²) >= 11 is 0. The van der Waals surface area contributed by atoms with Crippen molar-refractivity contribution in [2.24, 2.45) is 0 Å². The lowest BCUT2D eigenvalue weighted by Gasteiger charge is -2.21. The van der Waals surface area contributed by atoms with Crippen molar-refractivity contribution in [1.29, 1.82) is 0 Å². The normalized spacial score (nSPS) is 35.8. The number of aliphatic hydroxyl groups is 1. The summed E-state index contributed by atoms with van der Waals surface area (Å²) < 4.78 is 81.4. The van der Waals surface area contributed by atoms with E-state index in [1.807, 2.05) is 0 Å². The van der Waals surface area contributed by atoms with E-state index in [-0.39, 0.29) is 0 Å². The average Bonchev–Trinajstić information content (AvgIpc) is 2.19. The van der Waals surface area contributed by atoms with Crippen molar-refractivity contribution >= 4 is 0 Å². The fraction of sp³-hybridized carbons (Fsp3) is 1.00. The molecule has 1 aliphatic heterocycles. The number of aliphatic hydroxyl groups excluding tert-OH is 1. The van der Waals surface area contributed by atoms with Crippen LogP contribution in [-0.2, 0) is 14.2 Å². The molecule has 0 aliphatic carbocycles. The highest BCUT2D eigenvalue weighted by atomic mass is 19.4. The number of ether oxygens (including phenoxy) is 3. The van der Waals surface area contributed by atoms with Gasteiger partial charge < -0.3 is 5.11 Å². The summed E-state index contributed by atoms with van der Waals surface area (Å²) in [4.78, 5) is 0. The Morgan fingerprint density at radius 2 is 1.80 bits per heavy atom. The van der Waals surface area contributed by atoms with E-state index in [0.717, 1.165) is 0 Å². The van der Waals surface area contributed by atoms with Crippen LogP contribution in [0, 0.1) is 0 Å². The average molecular weight is 242 g/mol. The molecule has 15 heavy (non-hydrogen) atoms. The fourth-order valence-electron chi connectivity index (χ4n) is 0.823. The second-order valence-corrected chi connectivity index (χ2v) is 2.52. The molecule has 1 rings (SSSR count). The van der Waals surface area contributed by atoms with Gasteiger partial charge in [-0.05, 0) is 0 Å². The Bertz CT molecular complexity index is 242. The quantitative estimate of drug-likeness (QED) is 0.736. The molecule has 1 N–H and O–H groups in total. The lowest BCUT2D eigenvalue weighted by Crippen LogP contribution is -2.43. The summed E-state index contributed by atoms with van der Waals surface area (Å²) in [5, 5.41) is 8.26. The Morgan fingerprint density at radius 1 is 1.27 bits per heavy atom. The molecule has 4 nitrogen and oxygen atoms in total. The molecule has 0 bridgehead atoms. The first-order chi connectivity index (χ1) is 6.58. The lowest BCUT2D eigenvalue weighted by molar-refractivity contribution is -0.410. The third-order valence-corrected chi connectivity index (χ3v) is 1.34. The van der Waals surface area contributed by atoms with E-state index in [1.165, 1.54) is 0 Å². The Labute approximate surface area is 78.3 Å². The van der Waals surface area contributed by atoms with Crippen molar-refractivity contribution in [3.05, 3.63) is 0 Å². The molecule has 90 valence electrons. The minimum Gasteiger partial charge on any atom is -0.390 e. The van der Waals surface area contributed by atoms with Crippen LogP contribution in [0.5, 0.6) is 0 Å². The molecule has 2 unspecified atom stereocenters. The van der Waals surface area contributed by atoms with Crippen LogP contribution < -0.4 is 0 Å². The summed E-state index contributed by atoms with van der Waals surface area (Å²) in [6.45, 7) is -1.77. The predicted octanol–water partition coefficient (Wildman–Crippen LogP) is 1.10. The van der Waals surface area contributed by atoms with Gasteiger partial charge in [-0.15, -0.1) is 22.0 Å². The standard InChI is InChI=1S/C5H4F6O4/c6-3(1-12)2(13-4(7,8)9)14-5(10,11)15-3/h2,12H,1H2. The SMILES string of the molecule is OCC1(F)OC(F)(F)OC1OC(F)(F)F. The molecule has 1 heterocycles. The lowest BCUT2D eigenvalue weighted by atomic mass is 10.3. The van der Waals surface area contributed by atoms with Crippen molar-refractivity contribution in [3.8, 4) is 0 Å². The van der Waals surface area contributed by atoms with Crippen LogP contribution >= 0.6 is 0 Å². The Balaban J connectivity index is 2.79. The molecular formula is C5H4F6O4. The summed E-state index contributed by atoms with van der Waals surface area (Å²) in [6.07, 6.45) is -13.1. The van der Waals surface area contributed by atoms with Gasteiger partial charge in [0.15, 0.2) is 0 Å². The third kappa shape index (κ3) is 2.93. The molecule has 0 radical (unpaired) electrons. The van der Waals surface area contributed by atoms with Crippen LogP contribution in [0.3, 0.4) is 0 Å². The first-order valence-corrected chi connectivity index (χ1v) is 3.38. The van der Waals surface area contributed by atoms with Gasteiger partial charge in [-0.25, -0.2) is 4.39 Å². The van der Waals surface area contributed by atoms with Gasteiger partial charge in [-0.2, -0.15) is 0 Å². The zero-order valence-corrected chi connectivity index (χ0v) is 6.72. The number of halogens is 6. The minimum atomic E-state index is -5.40. The van der Waals surface area contributed by atoms with Crippen molar-refractivity contribution < 1.29 is 45.7 Å². The summed E-state index contributed by atoms with van der Waals surface area (Å²) in [7, 11) is 0. The maximum Gasteiger partial charge on any atom is 0.524 e. The van der Waals surface area contributed by atoms with Crippen molar-refractivity contribution in [3.63, 3.8) is 0 Å². The zero-order valence-electron chi connectivity index (χ0n) is 6.72. The molecule has 0 aromatic rings. The Hall–Kier alpha value is -0.580. The highest BCUT2D eigenvalue weighted by molar-refractivity contribution is 4.78. The van der Waals surface area contributed by atoms with E-state index in [0.29, 0.717) is 0 Å². The number of hydrogen-bond acceptors (Lipinski definition) is 4. The van der Waals surface area contributed by atoms with Crippen LogP contribution in [0.15, 0.2) is 0 Å². The van der Waals surface area contributed by atoms with Crippen molar-refractivity contribution in [2.75, 3.05) is 6.61 Å².